The molecular formula is C21H18ClFN2O2. The summed E-state index contributed by atoms with van der Waals surface area (Å²) in [5, 5.41) is 1.57. The molecule has 1 saturated heterocycles. The first kappa shape index (κ1) is 16.8. The van der Waals surface area contributed by atoms with E-state index in [1.807, 2.05) is 29.2 Å². The fourth-order valence-corrected chi connectivity index (χ4v) is 4.47. The Morgan fingerprint density at radius 2 is 1.96 bits per heavy atom. The predicted molar refractivity (Wildman–Crippen MR) is 101 cm³/mol. The lowest BCUT2D eigenvalue weighted by Crippen LogP contribution is -2.45. The summed E-state index contributed by atoms with van der Waals surface area (Å²) in [5.41, 5.74) is 3.05. The van der Waals surface area contributed by atoms with Gasteiger partial charge >= 0.3 is 0 Å². The summed E-state index contributed by atoms with van der Waals surface area (Å²) in [4.78, 5) is 17.9. The third-order valence-electron chi connectivity index (χ3n) is 5.73. The number of carbonyl (C=O) groups excluding carboxylic acids is 1. The van der Waals surface area contributed by atoms with Gasteiger partial charge in [0.05, 0.1) is 12.2 Å². The zero-order valence-electron chi connectivity index (χ0n) is 14.6. The summed E-state index contributed by atoms with van der Waals surface area (Å²) in [6.07, 6.45) is 1.42. The maximum absolute atomic E-state index is 13.5. The topological polar surface area (TPSA) is 45.3 Å². The van der Waals surface area contributed by atoms with Crippen LogP contribution in [-0.4, -0.2) is 28.9 Å². The zero-order valence-corrected chi connectivity index (χ0v) is 15.4. The van der Waals surface area contributed by atoms with E-state index in [1.165, 1.54) is 6.07 Å². The van der Waals surface area contributed by atoms with Crippen molar-refractivity contribution in [1.29, 1.82) is 0 Å². The van der Waals surface area contributed by atoms with Gasteiger partial charge in [0.1, 0.15) is 11.5 Å². The van der Waals surface area contributed by atoms with Crippen LogP contribution in [0.4, 0.5) is 4.39 Å². The number of H-pyrrole nitrogens is 1. The Morgan fingerprint density at radius 1 is 1.15 bits per heavy atom. The summed E-state index contributed by atoms with van der Waals surface area (Å²) in [5.74, 6) is -0.254. The minimum atomic E-state index is -0.395. The van der Waals surface area contributed by atoms with Crippen LogP contribution >= 0.6 is 11.6 Å². The third-order valence-corrected chi connectivity index (χ3v) is 5.97. The number of aromatic nitrogens is 1. The van der Waals surface area contributed by atoms with Crippen molar-refractivity contribution in [2.45, 2.75) is 25.0 Å². The number of fused-ring (bicyclic) bond motifs is 3. The largest absolute Gasteiger partial charge is 0.365 e. The molecule has 0 aliphatic carbocycles. The van der Waals surface area contributed by atoms with Crippen molar-refractivity contribution in [3.05, 3.63) is 70.1 Å². The minimum Gasteiger partial charge on any atom is -0.365 e. The quantitative estimate of drug-likeness (QED) is 0.665. The lowest BCUT2D eigenvalue weighted by atomic mass is 9.83. The van der Waals surface area contributed by atoms with E-state index >= 15 is 0 Å². The molecule has 0 saturated carbocycles. The van der Waals surface area contributed by atoms with Gasteiger partial charge in [0.25, 0.3) is 5.91 Å². The molecule has 2 aliphatic rings. The van der Waals surface area contributed by atoms with E-state index in [9.17, 15) is 9.18 Å². The number of rotatable bonds is 1. The maximum Gasteiger partial charge on any atom is 0.270 e. The molecule has 1 fully saturated rings. The van der Waals surface area contributed by atoms with Crippen molar-refractivity contribution in [1.82, 2.24) is 9.88 Å². The van der Waals surface area contributed by atoms with Crippen molar-refractivity contribution >= 4 is 28.4 Å². The first-order valence-corrected chi connectivity index (χ1v) is 9.42. The molecule has 5 rings (SSSR count). The van der Waals surface area contributed by atoms with Crippen molar-refractivity contribution in [2.75, 3.05) is 13.1 Å². The second-order valence-electron chi connectivity index (χ2n) is 7.29. The van der Waals surface area contributed by atoms with E-state index < -0.39 is 5.60 Å². The molecule has 0 radical (unpaired) electrons. The summed E-state index contributed by atoms with van der Waals surface area (Å²) in [6.45, 7) is 1.64. The normalized spacial score (nSPS) is 18.2. The maximum atomic E-state index is 13.5. The number of carbonyl (C=O) groups is 1. The molecule has 0 atom stereocenters. The van der Waals surface area contributed by atoms with Crippen LogP contribution in [0, 0.1) is 5.82 Å². The molecule has 1 spiro atoms. The Morgan fingerprint density at radius 3 is 2.78 bits per heavy atom. The SMILES string of the molecule is O=C(c1cc2cc(Cl)ccc2[nH]1)N1CCC2(CC1)OCc1cc(F)ccc12. The van der Waals surface area contributed by atoms with Gasteiger partial charge in [-0.15, -0.1) is 0 Å². The molecule has 1 aromatic heterocycles. The number of nitrogens with one attached hydrogen (secondary N) is 1. The highest BCUT2D eigenvalue weighted by Crippen LogP contribution is 2.44. The van der Waals surface area contributed by atoms with Crippen LogP contribution in [0.2, 0.25) is 5.02 Å². The number of hydrogen-bond donors (Lipinski definition) is 1. The predicted octanol–water partition coefficient (Wildman–Crippen LogP) is 4.62. The molecule has 3 heterocycles. The molecule has 138 valence electrons. The number of likely N-dealkylation sites (tertiary alicyclic amines) is 1. The highest BCUT2D eigenvalue weighted by molar-refractivity contribution is 6.31. The molecule has 2 aromatic carbocycles. The molecule has 4 nitrogen and oxygen atoms in total. The minimum absolute atomic E-state index is 0.0190. The molecule has 2 aliphatic heterocycles. The molecule has 1 N–H and O–H groups in total. The Hall–Kier alpha value is -2.37. The van der Waals surface area contributed by atoms with E-state index in [4.69, 9.17) is 16.3 Å². The molecule has 1 amide bonds. The number of benzene rings is 2. The number of halogens is 2. The second kappa shape index (κ2) is 6.08. The zero-order chi connectivity index (χ0) is 18.6. The van der Waals surface area contributed by atoms with Gasteiger partial charge < -0.3 is 14.6 Å². The highest BCUT2D eigenvalue weighted by Gasteiger charge is 2.43. The fourth-order valence-electron chi connectivity index (χ4n) is 4.29. The van der Waals surface area contributed by atoms with Crippen LogP contribution < -0.4 is 0 Å². The van der Waals surface area contributed by atoms with E-state index in [-0.39, 0.29) is 11.7 Å². The Balaban J connectivity index is 1.35. The van der Waals surface area contributed by atoms with E-state index in [2.05, 4.69) is 4.98 Å². The summed E-state index contributed by atoms with van der Waals surface area (Å²) in [6, 6.07) is 12.2. The van der Waals surface area contributed by atoms with Gasteiger partial charge in [0, 0.05) is 29.0 Å². The molecule has 0 bridgehead atoms. The fraction of sp³-hybridized carbons (Fsp3) is 0.286. The van der Waals surface area contributed by atoms with Gasteiger partial charge in [-0.3, -0.25) is 4.79 Å². The molecule has 3 aromatic rings. The number of piperidine rings is 1. The lowest BCUT2D eigenvalue weighted by molar-refractivity contribution is -0.0742. The Bertz CT molecular complexity index is 1050. The third kappa shape index (κ3) is 2.73. The van der Waals surface area contributed by atoms with Crippen LogP contribution in [0.3, 0.4) is 0 Å². The van der Waals surface area contributed by atoms with Gasteiger partial charge in [-0.25, -0.2) is 4.39 Å². The number of nitrogens with zero attached hydrogens (tertiary/aromatic N) is 1. The smallest absolute Gasteiger partial charge is 0.270 e. The molecular weight excluding hydrogens is 367 g/mol. The van der Waals surface area contributed by atoms with Gasteiger partial charge in [-0.1, -0.05) is 17.7 Å². The summed E-state index contributed by atoms with van der Waals surface area (Å²) in [7, 11) is 0. The van der Waals surface area contributed by atoms with Gasteiger partial charge in [0.15, 0.2) is 0 Å². The van der Waals surface area contributed by atoms with E-state index in [0.29, 0.717) is 43.3 Å². The first-order chi connectivity index (χ1) is 13.0. The van der Waals surface area contributed by atoms with Crippen LogP contribution in [-0.2, 0) is 16.9 Å². The lowest BCUT2D eigenvalue weighted by Gasteiger charge is -2.39. The summed E-state index contributed by atoms with van der Waals surface area (Å²) < 4.78 is 19.5. The van der Waals surface area contributed by atoms with Crippen molar-refractivity contribution in [3.63, 3.8) is 0 Å². The highest BCUT2D eigenvalue weighted by atomic mass is 35.5. The number of hydrogen-bond acceptors (Lipinski definition) is 2. The number of aromatic amines is 1. The van der Waals surface area contributed by atoms with Crippen molar-refractivity contribution < 1.29 is 13.9 Å². The van der Waals surface area contributed by atoms with Crippen LogP contribution in [0.15, 0.2) is 42.5 Å². The average molecular weight is 385 g/mol. The monoisotopic (exact) mass is 384 g/mol. The van der Waals surface area contributed by atoms with Crippen LogP contribution in [0.25, 0.3) is 10.9 Å². The van der Waals surface area contributed by atoms with E-state index in [0.717, 1.165) is 22.0 Å². The average Bonchev–Trinajstić information content (AvgIpc) is 3.23. The van der Waals surface area contributed by atoms with E-state index in [1.54, 1.807) is 12.1 Å². The number of amides is 1. The van der Waals surface area contributed by atoms with Crippen LogP contribution in [0.5, 0.6) is 0 Å². The second-order valence-corrected chi connectivity index (χ2v) is 7.73. The molecule has 27 heavy (non-hydrogen) atoms. The van der Waals surface area contributed by atoms with Gasteiger partial charge in [-0.2, -0.15) is 0 Å². The van der Waals surface area contributed by atoms with Crippen molar-refractivity contribution in [2.24, 2.45) is 0 Å². The molecule has 0 unspecified atom stereocenters. The van der Waals surface area contributed by atoms with Crippen molar-refractivity contribution in [3.8, 4) is 0 Å². The first-order valence-electron chi connectivity index (χ1n) is 9.05. The summed E-state index contributed by atoms with van der Waals surface area (Å²) >= 11 is 6.03. The van der Waals surface area contributed by atoms with Crippen LogP contribution in [0.1, 0.15) is 34.5 Å². The standard InChI is InChI=1S/C21H18ClFN2O2/c22-15-1-4-18-13(9-15)11-19(24-18)20(26)25-7-5-21(6-8-25)17-3-2-16(23)10-14(17)12-27-21/h1-4,9-11,24H,5-8,12H2. The Labute approximate surface area is 160 Å². The van der Waals surface area contributed by atoms with Gasteiger partial charge in [0.2, 0.25) is 0 Å². The molecule has 6 heteroatoms. The number of ether oxygens (including phenoxy) is 1. The van der Waals surface area contributed by atoms with Gasteiger partial charge in [-0.05, 0) is 60.4 Å². The Kier molecular flexibility index (Phi) is 3.78.